The minimum atomic E-state index is -0.349. The normalized spacial score (nSPS) is 14.6. The van der Waals surface area contributed by atoms with Gasteiger partial charge in [0.25, 0.3) is 5.91 Å². The van der Waals surface area contributed by atoms with E-state index < -0.39 is 0 Å². The molecule has 3 rings (SSSR count). The molecule has 8 heteroatoms. The van der Waals surface area contributed by atoms with Crippen LogP contribution in [0, 0.1) is 5.92 Å². The highest BCUT2D eigenvalue weighted by Crippen LogP contribution is 2.35. The third-order valence-corrected chi connectivity index (χ3v) is 5.16. The number of halogens is 2. The smallest absolute Gasteiger partial charge is 0.291 e. The number of nitrogens with one attached hydrogen (secondary N) is 1. The van der Waals surface area contributed by atoms with Gasteiger partial charge in [-0.25, -0.2) is 0 Å². The van der Waals surface area contributed by atoms with Crippen LogP contribution in [0.15, 0.2) is 39.4 Å². The monoisotopic (exact) mass is 453 g/mol. The van der Waals surface area contributed by atoms with Crippen LogP contribution in [0.4, 0.5) is 11.4 Å². The Balaban J connectivity index is 1.76. The van der Waals surface area contributed by atoms with Gasteiger partial charge in [-0.05, 0) is 40.2 Å². The molecule has 1 N–H and O–H groups in total. The molecule has 0 aliphatic carbocycles. The summed E-state index contributed by atoms with van der Waals surface area (Å²) in [5.74, 6) is 0.00283. The van der Waals surface area contributed by atoms with E-state index in [0.29, 0.717) is 41.6 Å². The number of benzene rings is 1. The van der Waals surface area contributed by atoms with Crippen molar-refractivity contribution in [3.05, 3.63) is 45.8 Å². The fraction of sp³-hybridized carbons (Fsp3) is 0.368. The molecule has 0 bridgehead atoms. The molecule has 2 amide bonds. The lowest BCUT2D eigenvalue weighted by Crippen LogP contribution is -2.50. The molecule has 1 saturated heterocycles. The van der Waals surface area contributed by atoms with Gasteiger partial charge >= 0.3 is 0 Å². The third kappa shape index (κ3) is 4.47. The Bertz CT molecular complexity index is 844. The van der Waals surface area contributed by atoms with Gasteiger partial charge in [0, 0.05) is 32.1 Å². The predicted octanol–water partition coefficient (Wildman–Crippen LogP) is 4.25. The standard InChI is InChI=1S/C19H21BrClN3O3/c1-12(2)19(26)24-10-8-23(9-11-24)17-13(21)4-3-5-14(17)22-18(25)15-6-7-16(20)27-15/h3-7,12H,8-11H2,1-2H3,(H,22,25). The maximum absolute atomic E-state index is 12.4. The van der Waals surface area contributed by atoms with Crippen LogP contribution < -0.4 is 10.2 Å². The highest BCUT2D eigenvalue weighted by Gasteiger charge is 2.26. The number of piperazine rings is 1. The van der Waals surface area contributed by atoms with Gasteiger partial charge in [0.15, 0.2) is 10.4 Å². The second-order valence-electron chi connectivity index (χ2n) is 6.66. The van der Waals surface area contributed by atoms with Crippen LogP contribution in [-0.4, -0.2) is 42.9 Å². The van der Waals surface area contributed by atoms with Gasteiger partial charge in [0.05, 0.1) is 16.4 Å². The van der Waals surface area contributed by atoms with Crippen LogP contribution in [0.3, 0.4) is 0 Å². The number of nitrogens with zero attached hydrogens (tertiary/aromatic N) is 2. The summed E-state index contributed by atoms with van der Waals surface area (Å²) in [6, 6.07) is 8.65. The van der Waals surface area contributed by atoms with Gasteiger partial charge in [-0.1, -0.05) is 31.5 Å². The molecule has 0 radical (unpaired) electrons. The number of amides is 2. The summed E-state index contributed by atoms with van der Waals surface area (Å²) in [7, 11) is 0. The van der Waals surface area contributed by atoms with Crippen molar-refractivity contribution in [2.75, 3.05) is 36.4 Å². The van der Waals surface area contributed by atoms with Gasteiger partial charge in [0.2, 0.25) is 5.91 Å². The minimum absolute atomic E-state index is 0.0145. The summed E-state index contributed by atoms with van der Waals surface area (Å²) in [5, 5.41) is 3.42. The number of furan rings is 1. The average Bonchev–Trinajstić information content (AvgIpc) is 3.08. The van der Waals surface area contributed by atoms with Crippen molar-refractivity contribution in [3.8, 4) is 0 Å². The average molecular weight is 455 g/mol. The van der Waals surface area contributed by atoms with Crippen LogP contribution in [0.25, 0.3) is 0 Å². The van der Waals surface area contributed by atoms with Crippen molar-refractivity contribution in [1.82, 2.24) is 4.90 Å². The zero-order valence-electron chi connectivity index (χ0n) is 15.2. The van der Waals surface area contributed by atoms with E-state index in [1.54, 1.807) is 24.3 Å². The molecule has 0 spiro atoms. The van der Waals surface area contributed by atoms with E-state index in [-0.39, 0.29) is 23.5 Å². The second kappa shape index (κ2) is 8.35. The highest BCUT2D eigenvalue weighted by molar-refractivity contribution is 9.10. The van der Waals surface area contributed by atoms with Crippen molar-refractivity contribution in [1.29, 1.82) is 0 Å². The Labute approximate surface area is 171 Å². The first kappa shape index (κ1) is 19.8. The molecule has 1 fully saturated rings. The molecular formula is C19H21BrClN3O3. The lowest BCUT2D eigenvalue weighted by Gasteiger charge is -2.38. The number of hydrogen-bond donors (Lipinski definition) is 1. The summed E-state index contributed by atoms with van der Waals surface area (Å²) < 4.78 is 5.80. The third-order valence-electron chi connectivity index (χ3n) is 4.43. The number of carbonyl (C=O) groups excluding carboxylic acids is 2. The van der Waals surface area contributed by atoms with E-state index in [0.717, 1.165) is 5.69 Å². The van der Waals surface area contributed by atoms with Crippen molar-refractivity contribution < 1.29 is 14.0 Å². The maximum atomic E-state index is 12.4. The van der Waals surface area contributed by atoms with Crippen molar-refractivity contribution >= 4 is 50.7 Å². The highest BCUT2D eigenvalue weighted by atomic mass is 79.9. The Hall–Kier alpha value is -1.99. The van der Waals surface area contributed by atoms with E-state index in [1.807, 2.05) is 24.8 Å². The summed E-state index contributed by atoms with van der Waals surface area (Å²) in [5.41, 5.74) is 1.37. The van der Waals surface area contributed by atoms with Gasteiger partial charge in [0.1, 0.15) is 0 Å². The molecule has 6 nitrogen and oxygen atoms in total. The number of carbonyl (C=O) groups is 2. The number of rotatable bonds is 4. The van der Waals surface area contributed by atoms with Crippen LogP contribution in [0.5, 0.6) is 0 Å². The second-order valence-corrected chi connectivity index (χ2v) is 7.85. The molecule has 0 unspecified atom stereocenters. The molecule has 27 heavy (non-hydrogen) atoms. The summed E-state index contributed by atoms with van der Waals surface area (Å²) in [4.78, 5) is 28.6. The van der Waals surface area contributed by atoms with Crippen LogP contribution in [-0.2, 0) is 4.79 Å². The largest absolute Gasteiger partial charge is 0.444 e. The van der Waals surface area contributed by atoms with Gasteiger partial charge in [-0.15, -0.1) is 0 Å². The van der Waals surface area contributed by atoms with Gasteiger partial charge in [-0.3, -0.25) is 9.59 Å². The van der Waals surface area contributed by atoms with Crippen LogP contribution in [0.2, 0.25) is 5.02 Å². The van der Waals surface area contributed by atoms with E-state index in [1.165, 1.54) is 0 Å². The Kier molecular flexibility index (Phi) is 6.11. The zero-order chi connectivity index (χ0) is 19.6. The number of anilines is 2. The molecule has 1 aromatic carbocycles. The van der Waals surface area contributed by atoms with Gasteiger partial charge in [-0.2, -0.15) is 0 Å². The van der Waals surface area contributed by atoms with E-state index in [9.17, 15) is 9.59 Å². The van der Waals surface area contributed by atoms with Gasteiger partial charge < -0.3 is 19.5 Å². The molecule has 0 atom stereocenters. The lowest BCUT2D eigenvalue weighted by atomic mass is 10.1. The molecule has 1 aliphatic rings. The van der Waals surface area contributed by atoms with Crippen LogP contribution in [0.1, 0.15) is 24.4 Å². The fourth-order valence-electron chi connectivity index (χ4n) is 3.07. The van der Waals surface area contributed by atoms with Crippen molar-refractivity contribution in [3.63, 3.8) is 0 Å². The molecule has 0 saturated carbocycles. The fourth-order valence-corrected chi connectivity index (χ4v) is 3.67. The Morgan fingerprint density at radius 2 is 1.85 bits per heavy atom. The molecule has 2 heterocycles. The minimum Gasteiger partial charge on any atom is -0.444 e. The Morgan fingerprint density at radius 3 is 2.44 bits per heavy atom. The molecule has 1 aliphatic heterocycles. The quantitative estimate of drug-likeness (QED) is 0.750. The SMILES string of the molecule is CC(C)C(=O)N1CCN(c2c(Cl)cccc2NC(=O)c2ccc(Br)o2)CC1. The van der Waals surface area contributed by atoms with E-state index >= 15 is 0 Å². The van der Waals surface area contributed by atoms with E-state index in [4.69, 9.17) is 16.0 Å². The van der Waals surface area contributed by atoms with E-state index in [2.05, 4.69) is 26.1 Å². The molecule has 144 valence electrons. The first-order valence-electron chi connectivity index (χ1n) is 8.75. The first-order valence-corrected chi connectivity index (χ1v) is 9.93. The van der Waals surface area contributed by atoms with Crippen LogP contribution >= 0.6 is 27.5 Å². The summed E-state index contributed by atoms with van der Waals surface area (Å²) in [6.45, 7) is 6.36. The Morgan fingerprint density at radius 1 is 1.15 bits per heavy atom. The number of para-hydroxylation sites is 1. The first-order chi connectivity index (χ1) is 12.9. The molecule has 1 aromatic heterocycles. The zero-order valence-corrected chi connectivity index (χ0v) is 17.5. The predicted molar refractivity (Wildman–Crippen MR) is 109 cm³/mol. The topological polar surface area (TPSA) is 65.8 Å². The molecular weight excluding hydrogens is 434 g/mol. The maximum Gasteiger partial charge on any atom is 0.291 e. The molecule has 2 aromatic rings. The van der Waals surface area contributed by atoms with Crippen molar-refractivity contribution in [2.45, 2.75) is 13.8 Å². The summed E-state index contributed by atoms with van der Waals surface area (Å²) >= 11 is 9.63. The summed E-state index contributed by atoms with van der Waals surface area (Å²) in [6.07, 6.45) is 0. The lowest BCUT2D eigenvalue weighted by molar-refractivity contribution is -0.134. The number of hydrogen-bond acceptors (Lipinski definition) is 4. The van der Waals surface area contributed by atoms with Crippen molar-refractivity contribution in [2.24, 2.45) is 5.92 Å².